The number of hydrogen-bond donors (Lipinski definition) is 1. The van der Waals surface area contributed by atoms with Crippen molar-refractivity contribution in [2.24, 2.45) is 7.05 Å². The molecule has 25 heavy (non-hydrogen) atoms. The summed E-state index contributed by atoms with van der Waals surface area (Å²) >= 11 is 5.71. The number of hydrogen-bond acceptors (Lipinski definition) is 3. The summed E-state index contributed by atoms with van der Waals surface area (Å²) in [5.41, 5.74) is -0.187. The van der Waals surface area contributed by atoms with Crippen molar-refractivity contribution in [1.82, 2.24) is 9.78 Å². The Bertz CT molecular complexity index is 752. The summed E-state index contributed by atoms with van der Waals surface area (Å²) in [7, 11) is 1.24. The number of halogens is 4. The maximum atomic E-state index is 12.8. The van der Waals surface area contributed by atoms with E-state index in [-0.39, 0.29) is 5.69 Å². The number of carbonyl (C=O) groups is 1. The van der Waals surface area contributed by atoms with Crippen LogP contribution < -0.4 is 10.2 Å². The Morgan fingerprint density at radius 1 is 1.24 bits per heavy atom. The zero-order valence-electron chi connectivity index (χ0n) is 14.0. The molecule has 9 heteroatoms. The minimum Gasteiger partial charge on any atom is -0.372 e. The van der Waals surface area contributed by atoms with Crippen LogP contribution in [-0.2, 0) is 13.2 Å². The van der Waals surface area contributed by atoms with Crippen LogP contribution in [0.15, 0.2) is 24.3 Å². The summed E-state index contributed by atoms with van der Waals surface area (Å²) in [5, 5.41) is 5.12. The molecule has 1 aromatic heterocycles. The Balaban J connectivity index is 2.22. The molecule has 1 N–H and O–H groups in total. The predicted molar refractivity (Wildman–Crippen MR) is 91.2 cm³/mol. The van der Waals surface area contributed by atoms with Crippen LogP contribution in [0.2, 0.25) is 5.02 Å². The number of benzene rings is 1. The van der Waals surface area contributed by atoms with Crippen molar-refractivity contribution < 1.29 is 18.0 Å². The summed E-state index contributed by atoms with van der Waals surface area (Å²) in [6.07, 6.45) is -4.72. The van der Waals surface area contributed by atoms with Crippen LogP contribution in [0.25, 0.3) is 0 Å². The molecule has 1 amide bonds. The third-order valence-corrected chi connectivity index (χ3v) is 4.08. The molecule has 0 saturated heterocycles. The van der Waals surface area contributed by atoms with Gasteiger partial charge in [0.25, 0.3) is 5.91 Å². The number of nitrogens with one attached hydrogen (secondary N) is 1. The van der Waals surface area contributed by atoms with Gasteiger partial charge in [-0.1, -0.05) is 11.6 Å². The van der Waals surface area contributed by atoms with Gasteiger partial charge in [0.05, 0.1) is 0 Å². The zero-order valence-corrected chi connectivity index (χ0v) is 14.7. The largest absolute Gasteiger partial charge is 0.436 e. The molecule has 0 aliphatic heterocycles. The average Bonchev–Trinajstić information content (AvgIpc) is 2.85. The molecule has 2 aromatic rings. The normalized spacial score (nSPS) is 11.5. The summed E-state index contributed by atoms with van der Waals surface area (Å²) in [6, 6.07) is 7.02. The molecule has 0 aliphatic carbocycles. The number of anilines is 2. The van der Waals surface area contributed by atoms with Gasteiger partial charge in [-0.25, -0.2) is 0 Å². The van der Waals surface area contributed by atoms with Gasteiger partial charge in [0.1, 0.15) is 10.7 Å². The number of rotatable bonds is 5. The van der Waals surface area contributed by atoms with E-state index in [1.54, 1.807) is 12.1 Å². The lowest BCUT2D eigenvalue weighted by Crippen LogP contribution is -2.21. The zero-order chi connectivity index (χ0) is 18.8. The van der Waals surface area contributed by atoms with Gasteiger partial charge in [-0.2, -0.15) is 18.3 Å². The van der Waals surface area contributed by atoms with Gasteiger partial charge in [0.15, 0.2) is 5.69 Å². The van der Waals surface area contributed by atoms with Gasteiger partial charge in [0, 0.05) is 31.5 Å². The van der Waals surface area contributed by atoms with Crippen molar-refractivity contribution in [3.05, 3.63) is 40.7 Å². The van der Waals surface area contributed by atoms with E-state index >= 15 is 0 Å². The minimum atomic E-state index is -4.72. The van der Waals surface area contributed by atoms with Gasteiger partial charge < -0.3 is 10.2 Å². The van der Waals surface area contributed by atoms with Crippen molar-refractivity contribution in [3.63, 3.8) is 0 Å². The maximum Gasteiger partial charge on any atom is 0.436 e. The molecule has 2 rings (SSSR count). The summed E-state index contributed by atoms with van der Waals surface area (Å²) in [4.78, 5) is 14.4. The summed E-state index contributed by atoms with van der Waals surface area (Å²) in [5.74, 6) is -0.758. The molecule has 0 atom stereocenters. The number of amides is 1. The Morgan fingerprint density at radius 3 is 2.24 bits per heavy atom. The topological polar surface area (TPSA) is 50.2 Å². The standard InChI is InChI=1S/C16H18ClF3N4O/c1-4-24(5-2)11-8-6-10(7-9-11)21-15(25)13-12(17)14(16(18,19)20)22-23(13)3/h6-9H,4-5H2,1-3H3,(H,21,25). The first-order valence-corrected chi connectivity index (χ1v) is 8.02. The quantitative estimate of drug-likeness (QED) is 0.853. The van der Waals surface area contributed by atoms with Crippen LogP contribution in [-0.4, -0.2) is 28.8 Å². The van der Waals surface area contributed by atoms with Crippen LogP contribution in [0, 0.1) is 0 Å². The minimum absolute atomic E-state index is 0.346. The highest BCUT2D eigenvalue weighted by Crippen LogP contribution is 2.35. The molecular weight excluding hydrogens is 357 g/mol. The van der Waals surface area contributed by atoms with Crippen molar-refractivity contribution in [3.8, 4) is 0 Å². The van der Waals surface area contributed by atoms with E-state index in [1.807, 2.05) is 26.0 Å². The fraction of sp³-hybridized carbons (Fsp3) is 0.375. The lowest BCUT2D eigenvalue weighted by Gasteiger charge is -2.21. The van der Waals surface area contributed by atoms with Gasteiger partial charge in [-0.3, -0.25) is 9.48 Å². The number of aromatic nitrogens is 2. The fourth-order valence-electron chi connectivity index (χ4n) is 2.46. The molecule has 0 spiro atoms. The highest BCUT2D eigenvalue weighted by Gasteiger charge is 2.39. The first-order chi connectivity index (χ1) is 11.7. The Morgan fingerprint density at radius 2 is 1.80 bits per heavy atom. The number of nitrogens with zero attached hydrogens (tertiary/aromatic N) is 3. The van der Waals surface area contributed by atoms with Gasteiger partial charge >= 0.3 is 6.18 Å². The Hall–Kier alpha value is -2.22. The van der Waals surface area contributed by atoms with Gasteiger partial charge in [0.2, 0.25) is 0 Å². The lowest BCUT2D eigenvalue weighted by molar-refractivity contribution is -0.141. The Labute approximate surface area is 148 Å². The van der Waals surface area contributed by atoms with E-state index in [0.717, 1.165) is 23.5 Å². The second-order valence-corrected chi connectivity index (χ2v) is 5.68. The highest BCUT2D eigenvalue weighted by atomic mass is 35.5. The SMILES string of the molecule is CCN(CC)c1ccc(NC(=O)c2c(Cl)c(C(F)(F)F)nn2C)cc1. The maximum absolute atomic E-state index is 12.8. The first-order valence-electron chi connectivity index (χ1n) is 7.65. The molecule has 0 saturated carbocycles. The molecule has 136 valence electrons. The van der Waals surface area contributed by atoms with Crippen LogP contribution in [0.1, 0.15) is 30.0 Å². The van der Waals surface area contributed by atoms with Crippen LogP contribution >= 0.6 is 11.6 Å². The molecule has 1 aromatic carbocycles. The number of aryl methyl sites for hydroxylation is 1. The van der Waals surface area contributed by atoms with Gasteiger partial charge in [-0.15, -0.1) is 0 Å². The summed E-state index contributed by atoms with van der Waals surface area (Å²) in [6.45, 7) is 5.74. The van der Waals surface area contributed by atoms with Gasteiger partial charge in [-0.05, 0) is 38.1 Å². The fourth-order valence-corrected chi connectivity index (χ4v) is 2.81. The molecule has 0 fully saturated rings. The molecule has 1 heterocycles. The first kappa shape index (κ1) is 19.1. The van der Waals surface area contributed by atoms with E-state index in [1.165, 1.54) is 7.05 Å². The lowest BCUT2D eigenvalue weighted by atomic mass is 10.2. The predicted octanol–water partition coefficient (Wildman–Crippen LogP) is 4.19. The summed E-state index contributed by atoms with van der Waals surface area (Å²) < 4.78 is 39.3. The molecule has 5 nitrogen and oxygen atoms in total. The van der Waals surface area contributed by atoms with E-state index in [4.69, 9.17) is 11.6 Å². The molecule has 0 bridgehead atoms. The molecular formula is C16H18ClF3N4O. The van der Waals surface area contributed by atoms with Crippen LogP contribution in [0.4, 0.5) is 24.5 Å². The van der Waals surface area contributed by atoms with Crippen molar-refractivity contribution in [2.45, 2.75) is 20.0 Å². The molecule has 0 unspecified atom stereocenters. The van der Waals surface area contributed by atoms with Crippen LogP contribution in [0.3, 0.4) is 0 Å². The number of alkyl halides is 3. The Kier molecular flexibility index (Phi) is 5.62. The monoisotopic (exact) mass is 374 g/mol. The van der Waals surface area contributed by atoms with Crippen molar-refractivity contribution >= 4 is 28.9 Å². The van der Waals surface area contributed by atoms with E-state index in [9.17, 15) is 18.0 Å². The second kappa shape index (κ2) is 7.35. The van der Waals surface area contributed by atoms with Crippen molar-refractivity contribution in [1.29, 1.82) is 0 Å². The van der Waals surface area contributed by atoms with Crippen LogP contribution in [0.5, 0.6) is 0 Å². The smallest absolute Gasteiger partial charge is 0.372 e. The highest BCUT2D eigenvalue weighted by molar-refractivity contribution is 6.34. The molecule has 0 radical (unpaired) electrons. The second-order valence-electron chi connectivity index (χ2n) is 5.31. The van der Waals surface area contributed by atoms with Crippen molar-refractivity contribution in [2.75, 3.05) is 23.3 Å². The third kappa shape index (κ3) is 4.07. The number of carbonyl (C=O) groups excluding carboxylic acids is 1. The third-order valence-electron chi connectivity index (χ3n) is 3.73. The van der Waals surface area contributed by atoms with E-state index in [2.05, 4.69) is 15.3 Å². The van der Waals surface area contributed by atoms with E-state index < -0.39 is 22.8 Å². The average molecular weight is 375 g/mol. The molecule has 0 aliphatic rings. The van der Waals surface area contributed by atoms with E-state index in [0.29, 0.717) is 5.69 Å².